The maximum absolute atomic E-state index is 12.8. The van der Waals surface area contributed by atoms with Gasteiger partial charge in [0.2, 0.25) is 0 Å². The van der Waals surface area contributed by atoms with E-state index >= 15 is 0 Å². The Labute approximate surface area is 127 Å². The van der Waals surface area contributed by atoms with Gasteiger partial charge in [-0.2, -0.15) is 0 Å². The second kappa shape index (κ2) is 8.76. The molecule has 0 N–H and O–H groups in total. The van der Waals surface area contributed by atoms with E-state index in [-0.39, 0.29) is 18.2 Å². The fraction of sp³-hybridized carbons (Fsp3) is 0.333. The minimum Gasteiger partial charge on any atom is -0.207 e. The molecule has 0 saturated heterocycles. The van der Waals surface area contributed by atoms with Gasteiger partial charge in [-0.1, -0.05) is 55.8 Å². The van der Waals surface area contributed by atoms with Crippen LogP contribution in [-0.4, -0.2) is 0 Å². The number of hydrogen-bond donors (Lipinski definition) is 0. The zero-order valence-corrected chi connectivity index (χ0v) is 12.7. The van der Waals surface area contributed by atoms with Crippen LogP contribution in [0.5, 0.6) is 0 Å². The van der Waals surface area contributed by atoms with Crippen molar-refractivity contribution in [2.75, 3.05) is 0 Å². The van der Waals surface area contributed by atoms with E-state index in [0.29, 0.717) is 5.92 Å². The summed E-state index contributed by atoms with van der Waals surface area (Å²) in [7, 11) is 0. The molecule has 2 aromatic carbocycles. The van der Waals surface area contributed by atoms with Crippen LogP contribution in [-0.2, 0) is 12.8 Å². The first-order valence-electron chi connectivity index (χ1n) is 7.02. The summed E-state index contributed by atoms with van der Waals surface area (Å²) >= 11 is 0. The lowest BCUT2D eigenvalue weighted by atomic mass is 9.95. The average molecular weight is 293 g/mol. The van der Waals surface area contributed by atoms with Crippen LogP contribution in [0.1, 0.15) is 30.9 Å². The van der Waals surface area contributed by atoms with Crippen LogP contribution >= 0.6 is 12.4 Å². The first kappa shape index (κ1) is 16.7. The standard InChI is InChI=1S/C18H21F.ClH/c1-15(14-17-10-12-18(19)13-11-17)6-5-9-16-7-3-2-4-8-16;/h2-4,7-8,10-13,15H,5-6,9,14H2,1H3;1H. The summed E-state index contributed by atoms with van der Waals surface area (Å²) in [5, 5.41) is 0. The summed E-state index contributed by atoms with van der Waals surface area (Å²) < 4.78 is 12.8. The van der Waals surface area contributed by atoms with Crippen molar-refractivity contribution in [1.29, 1.82) is 0 Å². The van der Waals surface area contributed by atoms with E-state index in [1.165, 1.54) is 24.0 Å². The number of hydrogen-bond acceptors (Lipinski definition) is 0. The zero-order chi connectivity index (χ0) is 13.5. The van der Waals surface area contributed by atoms with Gasteiger partial charge in [-0.3, -0.25) is 0 Å². The molecule has 0 saturated carbocycles. The smallest absolute Gasteiger partial charge is 0.123 e. The van der Waals surface area contributed by atoms with Crippen LogP contribution in [0.4, 0.5) is 4.39 Å². The van der Waals surface area contributed by atoms with Crippen LogP contribution in [0.25, 0.3) is 0 Å². The summed E-state index contributed by atoms with van der Waals surface area (Å²) in [6.07, 6.45) is 4.61. The van der Waals surface area contributed by atoms with E-state index in [1.54, 1.807) is 12.1 Å². The van der Waals surface area contributed by atoms with Gasteiger partial charge in [0.05, 0.1) is 0 Å². The van der Waals surface area contributed by atoms with Crippen molar-refractivity contribution in [3.8, 4) is 0 Å². The number of rotatable bonds is 6. The van der Waals surface area contributed by atoms with Crippen molar-refractivity contribution < 1.29 is 4.39 Å². The first-order valence-corrected chi connectivity index (χ1v) is 7.02. The highest BCUT2D eigenvalue weighted by Crippen LogP contribution is 2.16. The molecule has 0 radical (unpaired) electrons. The van der Waals surface area contributed by atoms with Crippen molar-refractivity contribution >= 4 is 12.4 Å². The molecule has 1 unspecified atom stereocenters. The second-order valence-electron chi connectivity index (χ2n) is 5.31. The normalized spacial score (nSPS) is 11.7. The fourth-order valence-corrected chi connectivity index (χ4v) is 2.42. The number of aryl methyl sites for hydroxylation is 1. The molecule has 2 rings (SSSR count). The Bertz CT molecular complexity index is 479. The third-order valence-corrected chi connectivity index (χ3v) is 3.50. The Morgan fingerprint density at radius 3 is 2.20 bits per heavy atom. The lowest BCUT2D eigenvalue weighted by Gasteiger charge is -2.11. The summed E-state index contributed by atoms with van der Waals surface area (Å²) in [5.41, 5.74) is 2.64. The van der Waals surface area contributed by atoms with Crippen LogP contribution < -0.4 is 0 Å². The molecule has 0 aromatic heterocycles. The van der Waals surface area contributed by atoms with Crippen molar-refractivity contribution in [3.63, 3.8) is 0 Å². The van der Waals surface area contributed by atoms with Gasteiger partial charge in [-0.15, -0.1) is 12.4 Å². The molecule has 0 spiro atoms. The van der Waals surface area contributed by atoms with E-state index in [1.807, 2.05) is 12.1 Å². The summed E-state index contributed by atoms with van der Waals surface area (Å²) in [4.78, 5) is 0. The van der Waals surface area contributed by atoms with Gasteiger partial charge in [-0.25, -0.2) is 4.39 Å². The summed E-state index contributed by atoms with van der Waals surface area (Å²) in [6, 6.07) is 17.5. The van der Waals surface area contributed by atoms with Crippen LogP contribution in [0.15, 0.2) is 54.6 Å². The summed E-state index contributed by atoms with van der Waals surface area (Å²) in [6.45, 7) is 2.27. The van der Waals surface area contributed by atoms with E-state index in [9.17, 15) is 4.39 Å². The van der Waals surface area contributed by atoms with Gasteiger partial charge in [0, 0.05) is 0 Å². The Morgan fingerprint density at radius 1 is 0.900 bits per heavy atom. The van der Waals surface area contributed by atoms with Gasteiger partial charge < -0.3 is 0 Å². The van der Waals surface area contributed by atoms with Crippen molar-refractivity contribution in [1.82, 2.24) is 0 Å². The third kappa shape index (κ3) is 5.75. The van der Waals surface area contributed by atoms with Crippen molar-refractivity contribution in [2.24, 2.45) is 5.92 Å². The molecule has 2 aromatic rings. The maximum Gasteiger partial charge on any atom is 0.123 e. The largest absolute Gasteiger partial charge is 0.207 e. The quantitative estimate of drug-likeness (QED) is 0.664. The van der Waals surface area contributed by atoms with Gasteiger partial charge >= 0.3 is 0 Å². The molecule has 1 atom stereocenters. The van der Waals surface area contributed by atoms with Gasteiger partial charge in [-0.05, 0) is 48.4 Å². The monoisotopic (exact) mass is 292 g/mol. The molecular weight excluding hydrogens is 271 g/mol. The Hall–Kier alpha value is -1.34. The van der Waals surface area contributed by atoms with Crippen LogP contribution in [0, 0.1) is 11.7 Å². The molecule has 20 heavy (non-hydrogen) atoms. The van der Waals surface area contributed by atoms with E-state index in [0.717, 1.165) is 12.8 Å². The SMILES string of the molecule is CC(CCCc1ccccc1)Cc1ccc(F)cc1.Cl. The third-order valence-electron chi connectivity index (χ3n) is 3.50. The molecule has 0 fully saturated rings. The van der Waals surface area contributed by atoms with Gasteiger partial charge in [0.1, 0.15) is 5.82 Å². The fourth-order valence-electron chi connectivity index (χ4n) is 2.42. The molecule has 0 bridgehead atoms. The number of benzene rings is 2. The Balaban J connectivity index is 0.00000200. The Kier molecular flexibility index (Phi) is 7.32. The highest BCUT2D eigenvalue weighted by molar-refractivity contribution is 5.85. The predicted molar refractivity (Wildman–Crippen MR) is 85.9 cm³/mol. The molecule has 0 aliphatic carbocycles. The minimum absolute atomic E-state index is 0. The first-order chi connectivity index (χ1) is 9.24. The predicted octanol–water partition coefficient (Wildman–Crippen LogP) is 5.45. The minimum atomic E-state index is -0.152. The van der Waals surface area contributed by atoms with E-state index in [4.69, 9.17) is 0 Å². The summed E-state index contributed by atoms with van der Waals surface area (Å²) in [5.74, 6) is 0.495. The highest BCUT2D eigenvalue weighted by Gasteiger charge is 2.04. The lowest BCUT2D eigenvalue weighted by molar-refractivity contribution is 0.507. The number of halogens is 2. The lowest BCUT2D eigenvalue weighted by Crippen LogP contribution is -2.01. The van der Waals surface area contributed by atoms with Crippen molar-refractivity contribution in [3.05, 3.63) is 71.5 Å². The topological polar surface area (TPSA) is 0 Å². The molecule has 0 aliphatic rings. The van der Waals surface area contributed by atoms with E-state index < -0.39 is 0 Å². The zero-order valence-electron chi connectivity index (χ0n) is 11.9. The van der Waals surface area contributed by atoms with Gasteiger partial charge in [0.15, 0.2) is 0 Å². The van der Waals surface area contributed by atoms with Crippen molar-refractivity contribution in [2.45, 2.75) is 32.6 Å². The molecular formula is C18H22ClF. The molecule has 0 nitrogen and oxygen atoms in total. The molecule has 108 valence electrons. The second-order valence-corrected chi connectivity index (χ2v) is 5.31. The highest BCUT2D eigenvalue weighted by atomic mass is 35.5. The molecule has 0 heterocycles. The molecule has 0 amide bonds. The molecule has 0 aliphatic heterocycles. The maximum atomic E-state index is 12.8. The average Bonchev–Trinajstić information content (AvgIpc) is 2.43. The van der Waals surface area contributed by atoms with Crippen LogP contribution in [0.3, 0.4) is 0 Å². The van der Waals surface area contributed by atoms with Gasteiger partial charge in [0.25, 0.3) is 0 Å². The van der Waals surface area contributed by atoms with E-state index in [2.05, 4.69) is 37.3 Å². The molecule has 2 heteroatoms. The van der Waals surface area contributed by atoms with Crippen LogP contribution in [0.2, 0.25) is 0 Å². The Morgan fingerprint density at radius 2 is 1.55 bits per heavy atom.